The molecule has 100 valence electrons. The predicted molar refractivity (Wildman–Crippen MR) is 80.0 cm³/mol. The molecule has 0 aliphatic carbocycles. The molecule has 2 rings (SSSR count). The number of nitriles is 1. The Hall–Kier alpha value is -2.52. The van der Waals surface area contributed by atoms with Crippen LogP contribution in [0.15, 0.2) is 40.9 Å². The van der Waals surface area contributed by atoms with Crippen molar-refractivity contribution in [3.05, 3.63) is 52.0 Å². The van der Waals surface area contributed by atoms with Gasteiger partial charge in [-0.2, -0.15) is 5.26 Å². The average Bonchev–Trinajstić information content (AvgIpc) is 2.42. The first-order valence-electron chi connectivity index (χ1n) is 5.61. The van der Waals surface area contributed by atoms with Gasteiger partial charge in [0.15, 0.2) is 0 Å². The Bertz CT molecular complexity index is 723. The monoisotopic (exact) mass is 331 g/mol. The Morgan fingerprint density at radius 2 is 1.95 bits per heavy atom. The third kappa shape index (κ3) is 2.90. The van der Waals surface area contributed by atoms with Crippen LogP contribution in [0.3, 0.4) is 0 Å². The van der Waals surface area contributed by atoms with Crippen LogP contribution in [0.4, 0.5) is 17.1 Å². The third-order valence-corrected chi connectivity index (χ3v) is 3.14. The lowest BCUT2D eigenvalue weighted by Crippen LogP contribution is -2.04. The average molecular weight is 332 g/mol. The maximum Gasteiger partial charge on any atom is 0.337 e. The molecular weight excluding hydrogens is 322 g/mol. The van der Waals surface area contributed by atoms with Crippen LogP contribution in [0, 0.1) is 11.3 Å². The quantitative estimate of drug-likeness (QED) is 0.749. The van der Waals surface area contributed by atoms with Gasteiger partial charge in [0.2, 0.25) is 0 Å². The topological polar surface area (TPSA) is 99.1 Å². The molecule has 2 aromatic rings. The molecule has 0 saturated heterocycles. The summed E-state index contributed by atoms with van der Waals surface area (Å²) in [5, 5.41) is 21.2. The van der Waals surface area contributed by atoms with E-state index >= 15 is 0 Å². The molecule has 2 aromatic carbocycles. The highest BCUT2D eigenvalue weighted by Crippen LogP contribution is 2.27. The number of rotatable bonds is 3. The van der Waals surface area contributed by atoms with Gasteiger partial charge >= 0.3 is 5.97 Å². The van der Waals surface area contributed by atoms with Crippen LogP contribution in [0.25, 0.3) is 0 Å². The Morgan fingerprint density at radius 1 is 1.25 bits per heavy atom. The standard InChI is InChI=1S/C14H10BrN3O2/c15-9-1-3-12(8(5-9)7-16)18-13-4-2-10(17)6-11(13)14(19)20/h1-6,18H,17H2,(H,19,20). The number of hydrogen-bond acceptors (Lipinski definition) is 4. The number of carboxylic acids is 1. The molecule has 0 heterocycles. The number of nitrogens with zero attached hydrogens (tertiary/aromatic N) is 1. The molecule has 5 nitrogen and oxygen atoms in total. The summed E-state index contributed by atoms with van der Waals surface area (Å²) >= 11 is 3.28. The number of carbonyl (C=O) groups is 1. The lowest BCUT2D eigenvalue weighted by molar-refractivity contribution is 0.0698. The molecule has 0 amide bonds. The molecule has 0 unspecified atom stereocenters. The summed E-state index contributed by atoms with van der Waals surface area (Å²) in [7, 11) is 0. The second-order valence-electron chi connectivity index (χ2n) is 4.04. The van der Waals surface area contributed by atoms with Crippen molar-refractivity contribution in [2.24, 2.45) is 0 Å². The molecule has 6 heteroatoms. The van der Waals surface area contributed by atoms with Crippen molar-refractivity contribution in [2.75, 3.05) is 11.1 Å². The normalized spacial score (nSPS) is 9.80. The van der Waals surface area contributed by atoms with E-state index in [0.29, 0.717) is 22.6 Å². The maximum absolute atomic E-state index is 11.2. The van der Waals surface area contributed by atoms with Crippen LogP contribution >= 0.6 is 15.9 Å². The van der Waals surface area contributed by atoms with Crippen LogP contribution < -0.4 is 11.1 Å². The first-order valence-corrected chi connectivity index (χ1v) is 6.40. The van der Waals surface area contributed by atoms with Gasteiger partial charge in [0.05, 0.1) is 22.5 Å². The van der Waals surface area contributed by atoms with Gasteiger partial charge in [0, 0.05) is 10.2 Å². The fourth-order valence-corrected chi connectivity index (χ4v) is 2.07. The highest BCUT2D eigenvalue weighted by atomic mass is 79.9. The van der Waals surface area contributed by atoms with Gasteiger partial charge in [0.25, 0.3) is 0 Å². The number of anilines is 3. The Labute approximate surface area is 123 Å². The van der Waals surface area contributed by atoms with E-state index in [9.17, 15) is 9.90 Å². The molecule has 0 spiro atoms. The van der Waals surface area contributed by atoms with Crippen molar-refractivity contribution in [1.82, 2.24) is 0 Å². The van der Waals surface area contributed by atoms with E-state index in [2.05, 4.69) is 27.3 Å². The van der Waals surface area contributed by atoms with E-state index in [1.54, 1.807) is 30.3 Å². The number of halogens is 1. The van der Waals surface area contributed by atoms with E-state index in [0.717, 1.165) is 4.47 Å². The van der Waals surface area contributed by atoms with Gasteiger partial charge in [0.1, 0.15) is 6.07 Å². The third-order valence-electron chi connectivity index (χ3n) is 2.65. The van der Waals surface area contributed by atoms with Gasteiger partial charge in [-0.25, -0.2) is 4.79 Å². The van der Waals surface area contributed by atoms with Gasteiger partial charge in [-0.3, -0.25) is 0 Å². The summed E-state index contributed by atoms with van der Waals surface area (Å²) in [6, 6.07) is 11.7. The van der Waals surface area contributed by atoms with Crippen LogP contribution in [-0.2, 0) is 0 Å². The van der Waals surface area contributed by atoms with Crippen molar-refractivity contribution < 1.29 is 9.90 Å². The van der Waals surface area contributed by atoms with Crippen LogP contribution in [-0.4, -0.2) is 11.1 Å². The molecule has 0 atom stereocenters. The van der Waals surface area contributed by atoms with E-state index < -0.39 is 5.97 Å². The minimum Gasteiger partial charge on any atom is -0.478 e. The molecule has 0 aromatic heterocycles. The Balaban J connectivity index is 2.45. The first kappa shape index (κ1) is 13.9. The number of nitrogens with two attached hydrogens (primary N) is 1. The molecule has 0 saturated carbocycles. The summed E-state index contributed by atoms with van der Waals surface area (Å²) < 4.78 is 0.773. The highest BCUT2D eigenvalue weighted by molar-refractivity contribution is 9.10. The second kappa shape index (κ2) is 5.63. The van der Waals surface area contributed by atoms with Crippen molar-refractivity contribution in [3.8, 4) is 6.07 Å². The Morgan fingerprint density at radius 3 is 2.60 bits per heavy atom. The number of benzene rings is 2. The summed E-state index contributed by atoms with van der Waals surface area (Å²) in [5.41, 5.74) is 7.32. The van der Waals surface area contributed by atoms with Crippen molar-refractivity contribution in [3.63, 3.8) is 0 Å². The molecule has 0 fully saturated rings. The minimum absolute atomic E-state index is 0.0526. The number of carboxylic acid groups (broad SMARTS) is 1. The molecule has 4 N–H and O–H groups in total. The molecule has 0 radical (unpaired) electrons. The molecule has 0 aliphatic heterocycles. The van der Waals surface area contributed by atoms with Crippen LogP contribution in [0.5, 0.6) is 0 Å². The smallest absolute Gasteiger partial charge is 0.337 e. The van der Waals surface area contributed by atoms with Gasteiger partial charge in [-0.1, -0.05) is 15.9 Å². The number of nitrogen functional groups attached to an aromatic ring is 1. The minimum atomic E-state index is -1.09. The predicted octanol–water partition coefficient (Wildman–Crippen LogP) is 3.34. The van der Waals surface area contributed by atoms with Gasteiger partial charge in [-0.05, 0) is 36.4 Å². The van der Waals surface area contributed by atoms with Crippen molar-refractivity contribution in [1.29, 1.82) is 5.26 Å². The highest BCUT2D eigenvalue weighted by Gasteiger charge is 2.12. The first-order chi connectivity index (χ1) is 9.51. The SMILES string of the molecule is N#Cc1cc(Br)ccc1Nc1ccc(N)cc1C(=O)O. The van der Waals surface area contributed by atoms with E-state index in [-0.39, 0.29) is 5.56 Å². The largest absolute Gasteiger partial charge is 0.478 e. The fourth-order valence-electron chi connectivity index (χ4n) is 1.71. The fraction of sp³-hybridized carbons (Fsp3) is 0. The van der Waals surface area contributed by atoms with Gasteiger partial charge < -0.3 is 16.2 Å². The lowest BCUT2D eigenvalue weighted by Gasteiger charge is -2.11. The maximum atomic E-state index is 11.2. The number of aromatic carboxylic acids is 1. The summed E-state index contributed by atoms with van der Waals surface area (Å²) in [6.45, 7) is 0. The zero-order valence-electron chi connectivity index (χ0n) is 10.2. The summed E-state index contributed by atoms with van der Waals surface area (Å²) in [5.74, 6) is -1.09. The summed E-state index contributed by atoms with van der Waals surface area (Å²) in [6.07, 6.45) is 0. The van der Waals surface area contributed by atoms with Crippen LogP contribution in [0.1, 0.15) is 15.9 Å². The van der Waals surface area contributed by atoms with E-state index in [4.69, 9.17) is 11.0 Å². The van der Waals surface area contributed by atoms with Crippen molar-refractivity contribution in [2.45, 2.75) is 0 Å². The molecule has 20 heavy (non-hydrogen) atoms. The molecule has 0 bridgehead atoms. The number of nitrogens with one attached hydrogen (secondary N) is 1. The Kier molecular flexibility index (Phi) is 3.91. The zero-order valence-corrected chi connectivity index (χ0v) is 11.8. The molecular formula is C14H10BrN3O2. The van der Waals surface area contributed by atoms with Gasteiger partial charge in [-0.15, -0.1) is 0 Å². The lowest BCUT2D eigenvalue weighted by atomic mass is 10.1. The summed E-state index contributed by atoms with van der Waals surface area (Å²) in [4.78, 5) is 11.2. The van der Waals surface area contributed by atoms with E-state index in [1.807, 2.05) is 0 Å². The molecule has 0 aliphatic rings. The zero-order chi connectivity index (χ0) is 14.7. The number of hydrogen-bond donors (Lipinski definition) is 3. The van der Waals surface area contributed by atoms with Crippen LogP contribution in [0.2, 0.25) is 0 Å². The second-order valence-corrected chi connectivity index (χ2v) is 4.95. The van der Waals surface area contributed by atoms with E-state index in [1.165, 1.54) is 6.07 Å². The van der Waals surface area contributed by atoms with Crippen molar-refractivity contribution >= 4 is 39.0 Å².